The summed E-state index contributed by atoms with van der Waals surface area (Å²) < 4.78 is 0.758. The normalized spacial score (nSPS) is 10.9. The molecule has 0 aliphatic rings. The third-order valence-corrected chi connectivity index (χ3v) is 4.31. The zero-order valence-electron chi connectivity index (χ0n) is 9.66. The van der Waals surface area contributed by atoms with Gasteiger partial charge >= 0.3 is 0 Å². The van der Waals surface area contributed by atoms with Crippen molar-refractivity contribution in [3.63, 3.8) is 0 Å². The number of thioether (sulfide) groups is 1. The van der Waals surface area contributed by atoms with Crippen molar-refractivity contribution in [3.05, 3.63) is 40.4 Å². The Morgan fingerprint density at radius 2 is 2.16 bits per heavy atom. The molecule has 0 aliphatic heterocycles. The molecule has 19 heavy (non-hydrogen) atoms. The Morgan fingerprint density at radius 1 is 1.32 bits per heavy atom. The van der Waals surface area contributed by atoms with Gasteiger partial charge in [-0.15, -0.1) is 10.2 Å². The molecule has 0 radical (unpaired) electrons. The van der Waals surface area contributed by atoms with Crippen LogP contribution in [-0.2, 0) is 5.75 Å². The summed E-state index contributed by atoms with van der Waals surface area (Å²) in [5, 5.41) is 8.66. The molecule has 2 heterocycles. The van der Waals surface area contributed by atoms with Gasteiger partial charge < -0.3 is 10.7 Å². The first-order valence-electron chi connectivity index (χ1n) is 5.42. The second-order valence-electron chi connectivity index (χ2n) is 3.72. The number of anilines is 1. The first-order chi connectivity index (χ1) is 9.22. The molecule has 3 rings (SSSR count). The summed E-state index contributed by atoms with van der Waals surface area (Å²) in [5.74, 6) is 1.14. The van der Waals surface area contributed by atoms with E-state index in [1.54, 1.807) is 6.07 Å². The summed E-state index contributed by atoms with van der Waals surface area (Å²) in [6.07, 6.45) is 0. The SMILES string of the molecule is Nc1nnc(SCc2nc3ccccc3c(=O)[nH]2)s1. The van der Waals surface area contributed by atoms with Crippen LogP contribution < -0.4 is 11.3 Å². The van der Waals surface area contributed by atoms with Gasteiger partial charge in [-0.05, 0) is 12.1 Å². The maximum atomic E-state index is 11.9. The van der Waals surface area contributed by atoms with Gasteiger partial charge in [0.2, 0.25) is 5.13 Å². The molecule has 0 aliphatic carbocycles. The minimum absolute atomic E-state index is 0.127. The molecular formula is C11H9N5OS2. The highest BCUT2D eigenvalue weighted by atomic mass is 32.2. The summed E-state index contributed by atoms with van der Waals surface area (Å²) >= 11 is 2.76. The maximum Gasteiger partial charge on any atom is 0.258 e. The zero-order chi connectivity index (χ0) is 13.2. The lowest BCUT2D eigenvalue weighted by Crippen LogP contribution is -2.11. The Hall–Kier alpha value is -1.93. The van der Waals surface area contributed by atoms with Crippen LogP contribution in [0.4, 0.5) is 5.13 Å². The molecule has 1 aromatic carbocycles. The van der Waals surface area contributed by atoms with Crippen molar-refractivity contribution < 1.29 is 0 Å². The molecule has 3 N–H and O–H groups in total. The first kappa shape index (κ1) is 12.1. The van der Waals surface area contributed by atoms with E-state index in [1.807, 2.05) is 18.2 Å². The monoisotopic (exact) mass is 291 g/mol. The van der Waals surface area contributed by atoms with Gasteiger partial charge in [0.25, 0.3) is 5.56 Å². The summed E-state index contributed by atoms with van der Waals surface area (Å²) in [4.78, 5) is 19.0. The van der Waals surface area contributed by atoms with E-state index in [9.17, 15) is 4.79 Å². The molecule has 6 nitrogen and oxygen atoms in total. The lowest BCUT2D eigenvalue weighted by atomic mass is 10.2. The Morgan fingerprint density at radius 3 is 2.95 bits per heavy atom. The van der Waals surface area contributed by atoms with E-state index in [0.29, 0.717) is 27.6 Å². The molecule has 3 aromatic rings. The molecule has 0 saturated carbocycles. The number of nitrogens with one attached hydrogen (secondary N) is 1. The zero-order valence-corrected chi connectivity index (χ0v) is 11.3. The summed E-state index contributed by atoms with van der Waals surface area (Å²) in [6.45, 7) is 0. The smallest absolute Gasteiger partial charge is 0.258 e. The number of aromatic nitrogens is 4. The van der Waals surface area contributed by atoms with Gasteiger partial charge in [0.15, 0.2) is 4.34 Å². The van der Waals surface area contributed by atoms with E-state index >= 15 is 0 Å². The molecule has 0 unspecified atom stereocenters. The average molecular weight is 291 g/mol. The molecule has 2 aromatic heterocycles. The van der Waals surface area contributed by atoms with Crippen molar-refractivity contribution in [2.24, 2.45) is 0 Å². The van der Waals surface area contributed by atoms with Crippen LogP contribution in [0.1, 0.15) is 5.82 Å². The van der Waals surface area contributed by atoms with Crippen molar-refractivity contribution in [3.8, 4) is 0 Å². The highest BCUT2D eigenvalue weighted by molar-refractivity contribution is 8.00. The molecule has 0 spiro atoms. The highest BCUT2D eigenvalue weighted by Crippen LogP contribution is 2.25. The fraction of sp³-hybridized carbons (Fsp3) is 0.0909. The lowest BCUT2D eigenvalue weighted by Gasteiger charge is -2.01. The number of rotatable bonds is 3. The lowest BCUT2D eigenvalue weighted by molar-refractivity contribution is 1.01. The van der Waals surface area contributed by atoms with Gasteiger partial charge in [0, 0.05) is 0 Å². The van der Waals surface area contributed by atoms with Crippen LogP contribution in [0.2, 0.25) is 0 Å². The molecule has 96 valence electrons. The number of nitrogen functional groups attached to an aromatic ring is 1. The number of H-pyrrole nitrogens is 1. The quantitative estimate of drug-likeness (QED) is 0.712. The van der Waals surface area contributed by atoms with Crippen LogP contribution in [0, 0.1) is 0 Å². The van der Waals surface area contributed by atoms with E-state index in [2.05, 4.69) is 20.2 Å². The number of aromatic amines is 1. The summed E-state index contributed by atoms with van der Waals surface area (Å²) in [7, 11) is 0. The topological polar surface area (TPSA) is 97.5 Å². The minimum atomic E-state index is -0.127. The van der Waals surface area contributed by atoms with Crippen LogP contribution in [-0.4, -0.2) is 20.2 Å². The standard InChI is InChI=1S/C11H9N5OS2/c12-10-15-16-11(19-10)18-5-8-13-7-4-2-1-3-6(7)9(17)14-8/h1-4H,5H2,(H2,12,15)(H,13,14,17). The van der Waals surface area contributed by atoms with Crippen molar-refractivity contribution in [1.82, 2.24) is 20.2 Å². The fourth-order valence-electron chi connectivity index (χ4n) is 1.61. The predicted octanol–water partition coefficient (Wildman–Crippen LogP) is 1.65. The van der Waals surface area contributed by atoms with E-state index in [1.165, 1.54) is 23.1 Å². The number of para-hydroxylation sites is 1. The molecule has 0 fully saturated rings. The summed E-state index contributed by atoms with van der Waals surface area (Å²) in [6, 6.07) is 7.25. The van der Waals surface area contributed by atoms with E-state index < -0.39 is 0 Å². The van der Waals surface area contributed by atoms with Crippen LogP contribution >= 0.6 is 23.1 Å². The highest BCUT2D eigenvalue weighted by Gasteiger charge is 2.06. The third kappa shape index (κ3) is 2.59. The number of hydrogen-bond donors (Lipinski definition) is 2. The van der Waals surface area contributed by atoms with Crippen LogP contribution in [0.5, 0.6) is 0 Å². The third-order valence-electron chi connectivity index (χ3n) is 2.42. The second-order valence-corrected chi connectivity index (χ2v) is 5.96. The minimum Gasteiger partial charge on any atom is -0.374 e. The average Bonchev–Trinajstić information content (AvgIpc) is 2.82. The van der Waals surface area contributed by atoms with Gasteiger partial charge in [-0.3, -0.25) is 4.79 Å². The van der Waals surface area contributed by atoms with E-state index in [4.69, 9.17) is 5.73 Å². The van der Waals surface area contributed by atoms with Crippen molar-refractivity contribution in [1.29, 1.82) is 0 Å². The Balaban J connectivity index is 1.87. The predicted molar refractivity (Wildman–Crippen MR) is 76.2 cm³/mol. The fourth-order valence-corrected chi connectivity index (χ4v) is 3.12. The van der Waals surface area contributed by atoms with Crippen LogP contribution in [0.15, 0.2) is 33.4 Å². The maximum absolute atomic E-state index is 11.9. The summed E-state index contributed by atoms with van der Waals surface area (Å²) in [5.41, 5.74) is 6.07. The van der Waals surface area contributed by atoms with Gasteiger partial charge in [0.1, 0.15) is 5.82 Å². The van der Waals surface area contributed by atoms with Gasteiger partial charge in [-0.1, -0.05) is 35.2 Å². The van der Waals surface area contributed by atoms with Gasteiger partial charge in [0.05, 0.1) is 16.7 Å². The Kier molecular flexibility index (Phi) is 3.18. The number of nitrogens with zero attached hydrogens (tertiary/aromatic N) is 3. The Bertz CT molecular complexity index is 782. The van der Waals surface area contributed by atoms with Gasteiger partial charge in [-0.2, -0.15) is 0 Å². The number of fused-ring (bicyclic) bond motifs is 1. The van der Waals surface area contributed by atoms with E-state index in [-0.39, 0.29) is 5.56 Å². The van der Waals surface area contributed by atoms with Gasteiger partial charge in [-0.25, -0.2) is 4.98 Å². The molecule has 0 amide bonds. The van der Waals surface area contributed by atoms with Crippen molar-refractivity contribution >= 4 is 39.1 Å². The molecule has 0 atom stereocenters. The molecule has 8 heteroatoms. The van der Waals surface area contributed by atoms with Crippen LogP contribution in [0.25, 0.3) is 10.9 Å². The molecular weight excluding hydrogens is 282 g/mol. The van der Waals surface area contributed by atoms with Crippen LogP contribution in [0.3, 0.4) is 0 Å². The van der Waals surface area contributed by atoms with Crippen molar-refractivity contribution in [2.75, 3.05) is 5.73 Å². The van der Waals surface area contributed by atoms with Crippen molar-refractivity contribution in [2.45, 2.75) is 10.1 Å². The Labute approximate surface area is 116 Å². The first-order valence-corrected chi connectivity index (χ1v) is 7.22. The molecule has 0 bridgehead atoms. The molecule has 0 saturated heterocycles. The number of benzene rings is 1. The second kappa shape index (κ2) is 4.98. The number of nitrogens with two attached hydrogens (primary N) is 1. The number of hydrogen-bond acceptors (Lipinski definition) is 7. The largest absolute Gasteiger partial charge is 0.374 e. The van der Waals surface area contributed by atoms with E-state index in [0.717, 1.165) is 4.34 Å².